The van der Waals surface area contributed by atoms with Gasteiger partial charge in [-0.2, -0.15) is 0 Å². The lowest BCUT2D eigenvalue weighted by Gasteiger charge is -2.12. The highest BCUT2D eigenvalue weighted by atomic mass is 32.2. The smallest absolute Gasteiger partial charge is 0.178 e. The highest BCUT2D eigenvalue weighted by molar-refractivity contribution is 8.24. The summed E-state index contributed by atoms with van der Waals surface area (Å²) < 4.78 is 24.9. The van der Waals surface area contributed by atoms with E-state index in [0.717, 1.165) is 9.14 Å². The van der Waals surface area contributed by atoms with Gasteiger partial charge in [-0.3, -0.25) is 0 Å². The third kappa shape index (κ3) is 4.18. The normalized spacial score (nSPS) is 15.3. The monoisotopic (exact) mass is 280 g/mol. The molecule has 0 aliphatic rings. The molecule has 0 radical (unpaired) electrons. The number of allylic oxidation sites excluding steroid dienone is 3. The average molecular weight is 280 g/mol. The van der Waals surface area contributed by atoms with Gasteiger partial charge in [-0.05, 0) is 45.8 Å². The van der Waals surface area contributed by atoms with Crippen molar-refractivity contribution in [2.24, 2.45) is 0 Å². The molecule has 0 aliphatic carbocycles. The van der Waals surface area contributed by atoms with Gasteiger partial charge in [0, 0.05) is 0 Å². The van der Waals surface area contributed by atoms with Crippen molar-refractivity contribution in [3.05, 3.63) is 20.1 Å². The molecule has 0 heterocycles. The maximum absolute atomic E-state index is 12.0. The molecule has 0 N–H and O–H groups in total. The molecule has 0 aliphatic heterocycles. The van der Waals surface area contributed by atoms with E-state index in [0.29, 0.717) is 4.91 Å². The molecule has 0 aromatic heterocycles. The minimum atomic E-state index is -3.13. The van der Waals surface area contributed by atoms with Crippen LogP contribution in [0.2, 0.25) is 0 Å². The lowest BCUT2D eigenvalue weighted by Crippen LogP contribution is -2.15. The minimum absolute atomic E-state index is 0.360. The molecule has 0 unspecified atom stereocenters. The Labute approximate surface area is 108 Å². The van der Waals surface area contributed by atoms with Crippen molar-refractivity contribution in [2.75, 3.05) is 6.26 Å². The van der Waals surface area contributed by atoms with Crippen LogP contribution in [0.15, 0.2) is 20.1 Å². The largest absolute Gasteiger partial charge is 0.224 e. The topological polar surface area (TPSA) is 34.1 Å². The summed E-state index contributed by atoms with van der Waals surface area (Å²) in [6.07, 6.45) is 3.89. The first-order valence-electron chi connectivity index (χ1n) is 5.06. The molecule has 0 spiro atoms. The van der Waals surface area contributed by atoms with Crippen LogP contribution in [0.25, 0.3) is 0 Å². The Morgan fingerprint density at radius 2 is 1.75 bits per heavy atom. The van der Waals surface area contributed by atoms with Gasteiger partial charge in [0.05, 0.1) is 14.4 Å². The molecular weight excluding hydrogens is 260 g/mol. The molecule has 0 saturated heterocycles. The molecular formula is C11H20O2S3. The van der Waals surface area contributed by atoms with Crippen LogP contribution < -0.4 is 0 Å². The van der Waals surface area contributed by atoms with Crippen molar-refractivity contribution in [3.8, 4) is 0 Å². The number of thioether (sulfide) groups is 2. The van der Waals surface area contributed by atoms with Gasteiger partial charge in [-0.15, -0.1) is 11.8 Å². The maximum atomic E-state index is 12.0. The van der Waals surface area contributed by atoms with Gasteiger partial charge in [0.2, 0.25) is 0 Å². The Kier molecular flexibility index (Phi) is 6.82. The van der Waals surface area contributed by atoms with Crippen LogP contribution in [0, 0.1) is 0 Å². The second-order valence-corrected chi connectivity index (χ2v) is 8.62. The zero-order valence-corrected chi connectivity index (χ0v) is 13.1. The molecule has 0 amide bonds. The Morgan fingerprint density at radius 3 is 2.06 bits per heavy atom. The summed E-state index contributed by atoms with van der Waals surface area (Å²) in [5, 5.41) is -0.360. The molecule has 0 fully saturated rings. The number of hydrogen-bond donors (Lipinski definition) is 0. The fourth-order valence-electron chi connectivity index (χ4n) is 0.932. The van der Waals surface area contributed by atoms with Crippen LogP contribution in [-0.2, 0) is 9.84 Å². The average Bonchev–Trinajstić information content (AvgIpc) is 2.24. The van der Waals surface area contributed by atoms with Gasteiger partial charge in [-0.25, -0.2) is 8.42 Å². The van der Waals surface area contributed by atoms with Crippen molar-refractivity contribution in [1.82, 2.24) is 0 Å². The summed E-state index contributed by atoms with van der Waals surface area (Å²) in [4.78, 5) is 1.60. The number of rotatable bonds is 5. The first-order chi connectivity index (χ1) is 7.27. The van der Waals surface area contributed by atoms with Gasteiger partial charge in [0.15, 0.2) is 9.84 Å². The molecule has 5 heteroatoms. The highest BCUT2D eigenvalue weighted by Crippen LogP contribution is 2.37. The fraction of sp³-hybridized carbons (Fsp3) is 0.636. The van der Waals surface area contributed by atoms with E-state index in [1.54, 1.807) is 20.8 Å². The Balaban J connectivity index is 5.34. The van der Waals surface area contributed by atoms with E-state index in [-0.39, 0.29) is 5.25 Å². The Bertz CT molecular complexity index is 389. The Morgan fingerprint density at radius 1 is 1.25 bits per heavy atom. The second-order valence-electron chi connectivity index (χ2n) is 3.64. The molecule has 2 nitrogen and oxygen atoms in total. The van der Waals surface area contributed by atoms with Crippen molar-refractivity contribution >= 4 is 33.4 Å². The van der Waals surface area contributed by atoms with E-state index >= 15 is 0 Å². The molecule has 0 aromatic rings. The van der Waals surface area contributed by atoms with Crippen molar-refractivity contribution in [3.63, 3.8) is 0 Å². The predicted octanol–water partition coefficient (Wildman–Crippen LogP) is 4.02. The van der Waals surface area contributed by atoms with Gasteiger partial charge in [0.25, 0.3) is 0 Å². The molecule has 0 atom stereocenters. The Hall–Kier alpha value is 0.130. The minimum Gasteiger partial charge on any atom is -0.224 e. The summed E-state index contributed by atoms with van der Waals surface area (Å²) in [5.74, 6) is 0. The molecule has 0 aromatic carbocycles. The van der Waals surface area contributed by atoms with Gasteiger partial charge in [-0.1, -0.05) is 17.8 Å². The number of sulfone groups is 1. The van der Waals surface area contributed by atoms with Crippen LogP contribution in [-0.4, -0.2) is 19.9 Å². The first-order valence-corrected chi connectivity index (χ1v) is 8.65. The SMILES string of the molecule is C/C=C(\C)S/C(SC)=C(\C)S(=O)(=O)C(C)C. The lowest BCUT2D eigenvalue weighted by atomic mass is 10.6. The van der Waals surface area contributed by atoms with E-state index < -0.39 is 9.84 Å². The van der Waals surface area contributed by atoms with Crippen molar-refractivity contribution in [2.45, 2.75) is 39.9 Å². The molecule has 16 heavy (non-hydrogen) atoms. The summed E-state index contributed by atoms with van der Waals surface area (Å²) in [6.45, 7) is 9.05. The molecule has 0 bridgehead atoms. The van der Waals surface area contributed by atoms with Crippen LogP contribution >= 0.6 is 23.5 Å². The zero-order chi connectivity index (χ0) is 12.9. The molecule has 0 rings (SSSR count). The van der Waals surface area contributed by atoms with Crippen LogP contribution in [0.4, 0.5) is 0 Å². The summed E-state index contributed by atoms with van der Waals surface area (Å²) in [7, 11) is -3.13. The van der Waals surface area contributed by atoms with Gasteiger partial charge < -0.3 is 0 Å². The second kappa shape index (κ2) is 6.77. The van der Waals surface area contributed by atoms with Gasteiger partial charge >= 0.3 is 0 Å². The molecule has 0 saturated carbocycles. The maximum Gasteiger partial charge on any atom is 0.178 e. The van der Waals surface area contributed by atoms with Crippen LogP contribution in [0.1, 0.15) is 34.6 Å². The third-order valence-corrected chi connectivity index (χ3v) is 7.21. The van der Waals surface area contributed by atoms with Crippen LogP contribution in [0.3, 0.4) is 0 Å². The standard InChI is InChI=1S/C11H20O2S3/c1-7-9(4)15-11(14-6)10(5)16(12,13)8(2)3/h7-8H,1-6H3/b9-7+,11-10+. The third-order valence-electron chi connectivity index (χ3n) is 2.18. The highest BCUT2D eigenvalue weighted by Gasteiger charge is 2.22. The van der Waals surface area contributed by atoms with Crippen molar-refractivity contribution in [1.29, 1.82) is 0 Å². The van der Waals surface area contributed by atoms with E-state index in [4.69, 9.17) is 0 Å². The summed E-state index contributed by atoms with van der Waals surface area (Å²) >= 11 is 3.01. The van der Waals surface area contributed by atoms with E-state index in [1.165, 1.54) is 23.5 Å². The first kappa shape index (κ1) is 16.1. The van der Waals surface area contributed by atoms with Crippen LogP contribution in [0.5, 0.6) is 0 Å². The number of hydrogen-bond acceptors (Lipinski definition) is 4. The summed E-state index contributed by atoms with van der Waals surface area (Å²) in [6, 6.07) is 0. The van der Waals surface area contributed by atoms with E-state index in [1.807, 2.05) is 26.2 Å². The van der Waals surface area contributed by atoms with Gasteiger partial charge in [0.1, 0.15) is 0 Å². The van der Waals surface area contributed by atoms with E-state index in [9.17, 15) is 8.42 Å². The van der Waals surface area contributed by atoms with Crippen molar-refractivity contribution < 1.29 is 8.42 Å². The summed E-state index contributed by atoms with van der Waals surface area (Å²) in [5.41, 5.74) is 0. The fourth-order valence-corrected chi connectivity index (χ4v) is 4.51. The zero-order valence-electron chi connectivity index (χ0n) is 10.7. The van der Waals surface area contributed by atoms with E-state index in [2.05, 4.69) is 0 Å². The molecule has 94 valence electrons. The quantitative estimate of drug-likeness (QED) is 0.762. The predicted molar refractivity (Wildman–Crippen MR) is 77.3 cm³/mol. The lowest BCUT2D eigenvalue weighted by molar-refractivity contribution is 0.593.